The minimum Gasteiger partial charge on any atom is -0.496 e. The van der Waals surface area contributed by atoms with E-state index in [4.69, 9.17) is 21.4 Å². The highest BCUT2D eigenvalue weighted by molar-refractivity contribution is 6.35. The number of rotatable bonds is 4. The minimum atomic E-state index is -0.825. The van der Waals surface area contributed by atoms with Gasteiger partial charge >= 0.3 is 5.97 Å². The summed E-state index contributed by atoms with van der Waals surface area (Å²) in [6, 6.07) is 3.58. The Bertz CT molecular complexity index is 604. The highest BCUT2D eigenvalue weighted by Crippen LogP contribution is 2.35. The Hall–Kier alpha value is -1.68. The predicted molar refractivity (Wildman–Crippen MR) is 70.5 cm³/mol. The van der Waals surface area contributed by atoms with Crippen LogP contribution in [0.15, 0.2) is 18.3 Å². The molecular weight excluding hydrogens is 254 g/mol. The minimum absolute atomic E-state index is 0.0662. The smallest absolute Gasteiger partial charge is 0.305 e. The van der Waals surface area contributed by atoms with E-state index in [1.165, 1.54) is 0 Å². The van der Waals surface area contributed by atoms with E-state index < -0.39 is 5.97 Å². The van der Waals surface area contributed by atoms with Crippen LogP contribution in [0.2, 0.25) is 5.02 Å². The van der Waals surface area contributed by atoms with E-state index in [0.29, 0.717) is 11.6 Å². The van der Waals surface area contributed by atoms with Gasteiger partial charge in [0.1, 0.15) is 5.75 Å². The van der Waals surface area contributed by atoms with Gasteiger partial charge < -0.3 is 14.4 Å². The number of aryl methyl sites for hydroxylation is 2. The van der Waals surface area contributed by atoms with Crippen molar-refractivity contribution in [1.29, 1.82) is 0 Å². The van der Waals surface area contributed by atoms with E-state index in [9.17, 15) is 4.79 Å². The molecule has 96 valence electrons. The molecule has 0 aliphatic rings. The summed E-state index contributed by atoms with van der Waals surface area (Å²) in [5.74, 6) is -0.0745. The van der Waals surface area contributed by atoms with Gasteiger partial charge in [-0.1, -0.05) is 11.6 Å². The van der Waals surface area contributed by atoms with Crippen LogP contribution in [0.4, 0.5) is 0 Å². The number of hydrogen-bond donors (Lipinski definition) is 1. The van der Waals surface area contributed by atoms with Gasteiger partial charge in [-0.25, -0.2) is 0 Å². The zero-order valence-electron chi connectivity index (χ0n) is 10.2. The van der Waals surface area contributed by atoms with Gasteiger partial charge in [-0.3, -0.25) is 4.79 Å². The number of carboxylic acids is 1. The number of methoxy groups -OCH3 is 1. The van der Waals surface area contributed by atoms with Crippen LogP contribution < -0.4 is 4.74 Å². The third-order valence-electron chi connectivity index (χ3n) is 2.91. The molecule has 1 N–H and O–H groups in total. The Labute approximate surface area is 110 Å². The lowest BCUT2D eigenvalue weighted by molar-refractivity contribution is -0.137. The fourth-order valence-corrected chi connectivity index (χ4v) is 2.40. The van der Waals surface area contributed by atoms with Gasteiger partial charge in [-0.2, -0.15) is 0 Å². The molecule has 0 saturated carbocycles. The van der Waals surface area contributed by atoms with Crippen LogP contribution in [-0.2, 0) is 11.3 Å². The zero-order valence-corrected chi connectivity index (χ0v) is 11.0. The fraction of sp³-hybridized carbons (Fsp3) is 0.308. The molecule has 0 bridgehead atoms. The molecule has 4 nitrogen and oxygen atoms in total. The molecule has 0 atom stereocenters. The lowest BCUT2D eigenvalue weighted by Crippen LogP contribution is -2.03. The van der Waals surface area contributed by atoms with Gasteiger partial charge in [0.25, 0.3) is 0 Å². The average Bonchev–Trinajstić information content (AvgIpc) is 2.66. The Morgan fingerprint density at radius 1 is 1.50 bits per heavy atom. The van der Waals surface area contributed by atoms with Crippen molar-refractivity contribution in [3.63, 3.8) is 0 Å². The second-order valence-electron chi connectivity index (χ2n) is 4.12. The topological polar surface area (TPSA) is 51.5 Å². The third-order valence-corrected chi connectivity index (χ3v) is 3.21. The third kappa shape index (κ3) is 2.16. The number of aromatic nitrogens is 1. The van der Waals surface area contributed by atoms with Crippen LogP contribution in [0.3, 0.4) is 0 Å². The van der Waals surface area contributed by atoms with Crippen LogP contribution in [-0.4, -0.2) is 22.8 Å². The quantitative estimate of drug-likeness (QED) is 0.926. The number of aliphatic carboxylic acids is 1. The van der Waals surface area contributed by atoms with E-state index in [1.54, 1.807) is 13.2 Å². The predicted octanol–water partition coefficient (Wildman–Crippen LogP) is 3.09. The Balaban J connectivity index is 2.58. The van der Waals surface area contributed by atoms with Crippen molar-refractivity contribution < 1.29 is 14.6 Å². The molecule has 18 heavy (non-hydrogen) atoms. The second kappa shape index (κ2) is 4.90. The summed E-state index contributed by atoms with van der Waals surface area (Å²) < 4.78 is 7.18. The van der Waals surface area contributed by atoms with Crippen molar-refractivity contribution in [2.75, 3.05) is 7.11 Å². The number of carboxylic acid groups (broad SMARTS) is 1. The van der Waals surface area contributed by atoms with E-state index >= 15 is 0 Å². The van der Waals surface area contributed by atoms with Crippen LogP contribution in [0.5, 0.6) is 5.75 Å². The number of hydrogen-bond acceptors (Lipinski definition) is 2. The molecule has 2 rings (SSSR count). The summed E-state index contributed by atoms with van der Waals surface area (Å²) in [5, 5.41) is 10.3. The molecule has 0 saturated heterocycles. The normalized spacial score (nSPS) is 10.8. The number of halogens is 1. The standard InChI is InChI=1S/C13H14ClNO3/c1-8-7-15(6-5-11(16)17)13-9(14)3-4-10(18-2)12(8)13/h3-4,7H,5-6H2,1-2H3,(H,16,17). The Kier molecular flexibility index (Phi) is 3.48. The molecule has 0 fully saturated rings. The average molecular weight is 268 g/mol. The maximum Gasteiger partial charge on any atom is 0.305 e. The number of carbonyl (C=O) groups is 1. The van der Waals surface area contributed by atoms with E-state index in [1.807, 2.05) is 23.8 Å². The first-order valence-corrected chi connectivity index (χ1v) is 5.96. The summed E-state index contributed by atoms with van der Waals surface area (Å²) in [4.78, 5) is 10.7. The molecule has 0 unspecified atom stereocenters. The molecule has 0 aliphatic heterocycles. The van der Waals surface area contributed by atoms with Gasteiger partial charge in [0.05, 0.1) is 24.1 Å². The number of benzene rings is 1. The Morgan fingerprint density at radius 2 is 2.22 bits per heavy atom. The first-order valence-electron chi connectivity index (χ1n) is 5.58. The first kappa shape index (κ1) is 12.8. The van der Waals surface area contributed by atoms with Crippen LogP contribution in [0.25, 0.3) is 10.9 Å². The lowest BCUT2D eigenvalue weighted by Gasteiger charge is -2.07. The Morgan fingerprint density at radius 3 is 2.83 bits per heavy atom. The molecule has 0 amide bonds. The number of fused-ring (bicyclic) bond motifs is 1. The van der Waals surface area contributed by atoms with Crippen molar-refractivity contribution in [3.8, 4) is 5.75 Å². The summed E-state index contributed by atoms with van der Waals surface area (Å²) >= 11 is 6.20. The van der Waals surface area contributed by atoms with E-state index in [2.05, 4.69) is 0 Å². The number of nitrogens with zero attached hydrogens (tertiary/aromatic N) is 1. The largest absolute Gasteiger partial charge is 0.496 e. The monoisotopic (exact) mass is 267 g/mol. The van der Waals surface area contributed by atoms with Gasteiger partial charge in [0.2, 0.25) is 0 Å². The fourth-order valence-electron chi connectivity index (χ4n) is 2.13. The maximum absolute atomic E-state index is 10.7. The molecule has 1 heterocycles. The molecule has 0 spiro atoms. The van der Waals surface area contributed by atoms with Crippen molar-refractivity contribution in [3.05, 3.63) is 28.9 Å². The van der Waals surface area contributed by atoms with Crippen LogP contribution in [0, 0.1) is 6.92 Å². The van der Waals surface area contributed by atoms with Crippen molar-refractivity contribution in [1.82, 2.24) is 4.57 Å². The van der Waals surface area contributed by atoms with E-state index in [-0.39, 0.29) is 6.42 Å². The highest BCUT2D eigenvalue weighted by atomic mass is 35.5. The maximum atomic E-state index is 10.7. The molecule has 0 radical (unpaired) electrons. The summed E-state index contributed by atoms with van der Waals surface area (Å²) in [5.41, 5.74) is 1.85. The van der Waals surface area contributed by atoms with Gasteiger partial charge in [0, 0.05) is 18.1 Å². The van der Waals surface area contributed by atoms with Crippen molar-refractivity contribution >= 4 is 28.5 Å². The SMILES string of the molecule is COc1ccc(Cl)c2c1c(C)cn2CCC(=O)O. The molecule has 5 heteroatoms. The van der Waals surface area contributed by atoms with Crippen LogP contribution in [0.1, 0.15) is 12.0 Å². The van der Waals surface area contributed by atoms with E-state index in [0.717, 1.165) is 22.2 Å². The molecule has 2 aromatic rings. The van der Waals surface area contributed by atoms with Gasteiger partial charge in [0.15, 0.2) is 0 Å². The first-order chi connectivity index (χ1) is 8.54. The van der Waals surface area contributed by atoms with Gasteiger partial charge in [-0.05, 0) is 24.6 Å². The number of ether oxygens (including phenoxy) is 1. The summed E-state index contributed by atoms with van der Waals surface area (Å²) in [6.07, 6.45) is 1.97. The van der Waals surface area contributed by atoms with Gasteiger partial charge in [-0.15, -0.1) is 0 Å². The van der Waals surface area contributed by atoms with Crippen molar-refractivity contribution in [2.45, 2.75) is 19.9 Å². The van der Waals surface area contributed by atoms with Crippen LogP contribution >= 0.6 is 11.6 Å². The molecule has 1 aromatic heterocycles. The molecule has 1 aromatic carbocycles. The van der Waals surface area contributed by atoms with Crippen molar-refractivity contribution in [2.24, 2.45) is 0 Å². The summed E-state index contributed by atoms with van der Waals surface area (Å²) in [6.45, 7) is 2.35. The molecular formula is C13H14ClNO3. The summed E-state index contributed by atoms with van der Waals surface area (Å²) in [7, 11) is 1.61. The highest BCUT2D eigenvalue weighted by Gasteiger charge is 2.14. The second-order valence-corrected chi connectivity index (χ2v) is 4.53. The lowest BCUT2D eigenvalue weighted by atomic mass is 10.2. The molecule has 0 aliphatic carbocycles. The zero-order chi connectivity index (χ0) is 13.3.